The molecule has 0 aliphatic carbocycles. The number of non-ortho nitro benzene ring substituents is 1. The second-order valence-corrected chi connectivity index (χ2v) is 5.29. The third kappa shape index (κ3) is 4.41. The summed E-state index contributed by atoms with van der Waals surface area (Å²) in [4.78, 5) is 26.0. The maximum Gasteiger partial charge on any atom is 0.331 e. The molecule has 7 nitrogen and oxygen atoms in total. The third-order valence-corrected chi connectivity index (χ3v) is 3.45. The van der Waals surface area contributed by atoms with Crippen LogP contribution >= 0.6 is 0 Å². The molecule has 7 heteroatoms. The van der Waals surface area contributed by atoms with Crippen LogP contribution in [0.1, 0.15) is 11.3 Å². The maximum atomic E-state index is 11.8. The smallest absolute Gasteiger partial charge is 0.331 e. The number of esters is 1. The molecular formula is C19H14N2O5. The average molecular weight is 350 g/mol. The van der Waals surface area contributed by atoms with Gasteiger partial charge in [0.2, 0.25) is 5.89 Å². The van der Waals surface area contributed by atoms with E-state index in [4.69, 9.17) is 9.15 Å². The van der Waals surface area contributed by atoms with Gasteiger partial charge in [-0.1, -0.05) is 18.2 Å². The van der Waals surface area contributed by atoms with Gasteiger partial charge in [0.15, 0.2) is 12.4 Å². The quantitative estimate of drug-likeness (QED) is 0.288. The van der Waals surface area contributed by atoms with Gasteiger partial charge in [0.05, 0.1) is 11.1 Å². The van der Waals surface area contributed by atoms with Gasteiger partial charge in [0, 0.05) is 23.8 Å². The van der Waals surface area contributed by atoms with Crippen molar-refractivity contribution in [2.45, 2.75) is 6.61 Å². The number of hydrogen-bond acceptors (Lipinski definition) is 6. The predicted octanol–water partition coefficient (Wildman–Crippen LogP) is 4.01. The lowest BCUT2D eigenvalue weighted by molar-refractivity contribution is -0.384. The Morgan fingerprint density at radius 1 is 1.15 bits per heavy atom. The first kappa shape index (κ1) is 17.1. The standard InChI is InChI=1S/C19H14N2O5/c22-18(11-8-14-6-9-16(10-7-14)21(23)24)25-13-17-12-20-19(26-17)15-4-2-1-3-5-15/h1-12H,13H2/b11-8-. The second-order valence-electron chi connectivity index (χ2n) is 5.29. The number of carbonyl (C=O) groups excluding carboxylic acids is 1. The first-order valence-electron chi connectivity index (χ1n) is 7.71. The van der Waals surface area contributed by atoms with E-state index < -0.39 is 10.9 Å². The molecule has 0 saturated carbocycles. The average Bonchev–Trinajstić information content (AvgIpc) is 3.15. The summed E-state index contributed by atoms with van der Waals surface area (Å²) < 4.78 is 10.6. The van der Waals surface area contributed by atoms with Crippen LogP contribution in [0.3, 0.4) is 0 Å². The van der Waals surface area contributed by atoms with Crippen molar-refractivity contribution < 1.29 is 18.9 Å². The molecule has 0 aliphatic heterocycles. The van der Waals surface area contributed by atoms with Crippen molar-refractivity contribution in [1.82, 2.24) is 4.98 Å². The van der Waals surface area contributed by atoms with E-state index in [0.717, 1.165) is 5.56 Å². The van der Waals surface area contributed by atoms with Gasteiger partial charge in [-0.05, 0) is 35.9 Å². The lowest BCUT2D eigenvalue weighted by atomic mass is 10.2. The fourth-order valence-corrected chi connectivity index (χ4v) is 2.15. The van der Waals surface area contributed by atoms with Crippen LogP contribution in [0, 0.1) is 10.1 Å². The molecule has 0 bridgehead atoms. The van der Waals surface area contributed by atoms with Gasteiger partial charge >= 0.3 is 5.97 Å². The summed E-state index contributed by atoms with van der Waals surface area (Å²) >= 11 is 0. The first-order valence-corrected chi connectivity index (χ1v) is 7.71. The minimum atomic E-state index is -0.555. The molecule has 130 valence electrons. The Labute approximate surface area is 148 Å². The number of hydrogen-bond donors (Lipinski definition) is 0. The number of nitro benzene ring substituents is 1. The van der Waals surface area contributed by atoms with E-state index in [0.29, 0.717) is 17.2 Å². The van der Waals surface area contributed by atoms with E-state index in [1.807, 2.05) is 30.3 Å². The largest absolute Gasteiger partial charge is 0.454 e. The van der Waals surface area contributed by atoms with E-state index in [1.54, 1.807) is 12.1 Å². The van der Waals surface area contributed by atoms with Gasteiger partial charge in [0.25, 0.3) is 5.69 Å². The predicted molar refractivity (Wildman–Crippen MR) is 93.9 cm³/mol. The van der Waals surface area contributed by atoms with Gasteiger partial charge < -0.3 is 9.15 Å². The van der Waals surface area contributed by atoms with Crippen LogP contribution < -0.4 is 0 Å². The normalized spacial score (nSPS) is 10.8. The molecule has 1 heterocycles. The minimum absolute atomic E-state index is 0.00994. The topological polar surface area (TPSA) is 95.5 Å². The maximum absolute atomic E-state index is 11.8. The summed E-state index contributed by atoms with van der Waals surface area (Å²) in [5, 5.41) is 10.6. The van der Waals surface area contributed by atoms with E-state index >= 15 is 0 Å². The van der Waals surface area contributed by atoms with Crippen LogP contribution in [0.2, 0.25) is 0 Å². The Hall–Kier alpha value is -3.74. The minimum Gasteiger partial charge on any atom is -0.454 e. The van der Waals surface area contributed by atoms with Crippen LogP contribution in [-0.2, 0) is 16.1 Å². The number of carbonyl (C=O) groups is 1. The summed E-state index contributed by atoms with van der Waals surface area (Å²) in [5.74, 6) is 0.333. The molecule has 3 rings (SSSR count). The molecule has 0 amide bonds. The van der Waals surface area contributed by atoms with Crippen LogP contribution in [0.15, 0.2) is 71.3 Å². The summed E-state index contributed by atoms with van der Waals surface area (Å²) in [6, 6.07) is 15.2. The van der Waals surface area contributed by atoms with Crippen molar-refractivity contribution in [2.24, 2.45) is 0 Å². The Morgan fingerprint density at radius 3 is 2.58 bits per heavy atom. The molecule has 3 aromatic rings. The number of nitro groups is 1. The highest BCUT2D eigenvalue weighted by Crippen LogP contribution is 2.19. The molecule has 1 aromatic heterocycles. The fraction of sp³-hybridized carbons (Fsp3) is 0.0526. The number of rotatable bonds is 6. The van der Waals surface area contributed by atoms with Crippen LogP contribution in [0.4, 0.5) is 5.69 Å². The SMILES string of the molecule is O=C(/C=C\c1ccc([N+](=O)[O-])cc1)OCc1cnc(-c2ccccc2)o1. The fourth-order valence-electron chi connectivity index (χ4n) is 2.15. The lowest BCUT2D eigenvalue weighted by Gasteiger charge is -1.99. The first-order chi connectivity index (χ1) is 12.6. The van der Waals surface area contributed by atoms with Crippen molar-refractivity contribution in [3.63, 3.8) is 0 Å². The number of aromatic nitrogens is 1. The third-order valence-electron chi connectivity index (χ3n) is 3.45. The molecule has 0 spiro atoms. The van der Waals surface area contributed by atoms with Gasteiger partial charge in [-0.3, -0.25) is 10.1 Å². The number of oxazole rings is 1. The zero-order valence-corrected chi connectivity index (χ0v) is 13.6. The highest BCUT2D eigenvalue weighted by Gasteiger charge is 2.08. The molecule has 0 radical (unpaired) electrons. The zero-order valence-electron chi connectivity index (χ0n) is 13.6. The molecule has 26 heavy (non-hydrogen) atoms. The second kappa shape index (κ2) is 7.89. The summed E-state index contributed by atoms with van der Waals surface area (Å²) in [5.41, 5.74) is 1.48. The lowest BCUT2D eigenvalue weighted by Crippen LogP contribution is -1.99. The summed E-state index contributed by atoms with van der Waals surface area (Å²) in [7, 11) is 0. The van der Waals surface area contributed by atoms with Crippen LogP contribution in [-0.4, -0.2) is 15.9 Å². The number of benzene rings is 2. The van der Waals surface area contributed by atoms with Gasteiger partial charge in [0.1, 0.15) is 0 Å². The molecule has 0 saturated heterocycles. The summed E-state index contributed by atoms with van der Waals surface area (Å²) in [6.07, 6.45) is 4.27. The van der Waals surface area contributed by atoms with E-state index in [9.17, 15) is 14.9 Å². The van der Waals surface area contributed by atoms with E-state index in [1.165, 1.54) is 30.5 Å². The zero-order chi connectivity index (χ0) is 18.4. The highest BCUT2D eigenvalue weighted by atomic mass is 16.6. The van der Waals surface area contributed by atoms with Gasteiger partial charge in [-0.25, -0.2) is 9.78 Å². The van der Waals surface area contributed by atoms with Crippen LogP contribution in [0.25, 0.3) is 17.5 Å². The molecule has 0 unspecified atom stereocenters. The Kier molecular flexibility index (Phi) is 5.19. The van der Waals surface area contributed by atoms with Crippen molar-refractivity contribution in [1.29, 1.82) is 0 Å². The van der Waals surface area contributed by atoms with Crippen LogP contribution in [0.5, 0.6) is 0 Å². The van der Waals surface area contributed by atoms with E-state index in [2.05, 4.69) is 4.98 Å². The Morgan fingerprint density at radius 2 is 1.88 bits per heavy atom. The van der Waals surface area contributed by atoms with Gasteiger partial charge in [-0.2, -0.15) is 0 Å². The number of nitrogens with zero attached hydrogens (tertiary/aromatic N) is 2. The Bertz CT molecular complexity index is 930. The molecule has 2 aromatic carbocycles. The molecule has 0 aliphatic rings. The highest BCUT2D eigenvalue weighted by molar-refractivity contribution is 5.87. The molecule has 0 atom stereocenters. The summed E-state index contributed by atoms with van der Waals surface area (Å²) in [6.45, 7) is -0.0384. The van der Waals surface area contributed by atoms with Crippen molar-refractivity contribution in [2.75, 3.05) is 0 Å². The molecule has 0 N–H and O–H groups in total. The number of ether oxygens (including phenoxy) is 1. The van der Waals surface area contributed by atoms with Gasteiger partial charge in [-0.15, -0.1) is 0 Å². The monoisotopic (exact) mass is 350 g/mol. The van der Waals surface area contributed by atoms with E-state index in [-0.39, 0.29) is 12.3 Å². The molecular weight excluding hydrogens is 336 g/mol. The van der Waals surface area contributed by atoms with Crippen molar-refractivity contribution in [3.05, 3.63) is 88.3 Å². The Balaban J connectivity index is 1.54. The van der Waals surface area contributed by atoms with Crippen molar-refractivity contribution in [3.8, 4) is 11.5 Å². The molecule has 0 fully saturated rings. The van der Waals surface area contributed by atoms with Crippen molar-refractivity contribution >= 4 is 17.7 Å².